The summed E-state index contributed by atoms with van der Waals surface area (Å²) in [5.41, 5.74) is 8.63. The summed E-state index contributed by atoms with van der Waals surface area (Å²) in [5, 5.41) is 9.65. The number of hydrogen-bond donors (Lipinski definition) is 1. The quantitative estimate of drug-likeness (QED) is 0.679. The number of pyridine rings is 1. The van der Waals surface area contributed by atoms with E-state index in [9.17, 15) is 0 Å². The molecule has 0 aliphatic rings. The number of rotatable bonds is 0. The van der Waals surface area contributed by atoms with Gasteiger partial charge in [-0.15, -0.1) is 0 Å². The highest BCUT2D eigenvalue weighted by atomic mass is 14.7. The van der Waals surface area contributed by atoms with E-state index in [1.54, 1.807) is 6.07 Å². The molecule has 0 spiro atoms. The third kappa shape index (κ3) is 1.17. The Hall–Kier alpha value is -2.08. The van der Waals surface area contributed by atoms with Crippen LogP contribution in [0.25, 0.3) is 10.9 Å². The van der Waals surface area contributed by atoms with E-state index in [4.69, 9.17) is 11.0 Å². The monoisotopic (exact) mass is 183 g/mol. The first-order chi connectivity index (χ1) is 6.72. The van der Waals surface area contributed by atoms with E-state index in [0.29, 0.717) is 11.4 Å². The van der Waals surface area contributed by atoms with Crippen molar-refractivity contribution < 1.29 is 0 Å². The molecule has 0 atom stereocenters. The summed E-state index contributed by atoms with van der Waals surface area (Å²) in [5.74, 6) is 0. The van der Waals surface area contributed by atoms with Gasteiger partial charge in [0.05, 0.1) is 5.52 Å². The van der Waals surface area contributed by atoms with Crippen LogP contribution in [0.3, 0.4) is 0 Å². The molecule has 0 radical (unpaired) electrons. The van der Waals surface area contributed by atoms with E-state index in [2.05, 4.69) is 4.98 Å². The molecule has 0 aliphatic carbocycles. The molecule has 0 bridgehead atoms. The molecule has 0 amide bonds. The average molecular weight is 183 g/mol. The van der Waals surface area contributed by atoms with Gasteiger partial charge < -0.3 is 5.73 Å². The number of nitrogen functional groups attached to an aromatic ring is 1. The van der Waals surface area contributed by atoms with E-state index in [0.717, 1.165) is 16.5 Å². The fraction of sp³-hybridized carbons (Fsp3) is 0.0909. The van der Waals surface area contributed by atoms with Gasteiger partial charge in [0.15, 0.2) is 0 Å². The maximum atomic E-state index is 8.74. The number of aromatic nitrogens is 1. The molecule has 1 heterocycles. The van der Waals surface area contributed by atoms with Crippen LogP contribution in [-0.2, 0) is 0 Å². The fourth-order valence-corrected chi connectivity index (χ4v) is 1.48. The smallest absolute Gasteiger partial charge is 0.143 e. The summed E-state index contributed by atoms with van der Waals surface area (Å²) in [6.45, 7) is 1.95. The lowest BCUT2D eigenvalue weighted by atomic mass is 10.1. The Morgan fingerprint density at radius 1 is 1.43 bits per heavy atom. The van der Waals surface area contributed by atoms with Crippen LogP contribution in [0.15, 0.2) is 24.3 Å². The molecule has 3 nitrogen and oxygen atoms in total. The van der Waals surface area contributed by atoms with Gasteiger partial charge in [-0.25, -0.2) is 4.98 Å². The van der Waals surface area contributed by atoms with Gasteiger partial charge in [0.2, 0.25) is 0 Å². The molecular weight excluding hydrogens is 174 g/mol. The van der Waals surface area contributed by atoms with Gasteiger partial charge in [-0.05, 0) is 18.6 Å². The van der Waals surface area contributed by atoms with E-state index < -0.39 is 0 Å². The maximum absolute atomic E-state index is 8.74. The Morgan fingerprint density at radius 3 is 2.93 bits per heavy atom. The maximum Gasteiger partial charge on any atom is 0.143 e. The summed E-state index contributed by atoms with van der Waals surface area (Å²) in [6.07, 6.45) is 0. The molecule has 68 valence electrons. The number of para-hydroxylation sites is 1. The van der Waals surface area contributed by atoms with Crippen molar-refractivity contribution in [1.82, 2.24) is 4.98 Å². The first-order valence-electron chi connectivity index (χ1n) is 4.28. The zero-order valence-electron chi connectivity index (χ0n) is 7.78. The van der Waals surface area contributed by atoms with Crippen molar-refractivity contribution in [2.45, 2.75) is 6.92 Å². The van der Waals surface area contributed by atoms with Crippen LogP contribution in [0.4, 0.5) is 5.69 Å². The Morgan fingerprint density at radius 2 is 2.21 bits per heavy atom. The number of aryl methyl sites for hydroxylation is 1. The van der Waals surface area contributed by atoms with Gasteiger partial charge in [-0.3, -0.25) is 0 Å². The first kappa shape index (κ1) is 8.52. The lowest BCUT2D eigenvalue weighted by molar-refractivity contribution is 1.30. The predicted molar refractivity (Wildman–Crippen MR) is 55.6 cm³/mol. The Labute approximate surface area is 81.8 Å². The normalized spacial score (nSPS) is 10.0. The van der Waals surface area contributed by atoms with Crippen molar-refractivity contribution in [3.63, 3.8) is 0 Å². The van der Waals surface area contributed by atoms with Crippen molar-refractivity contribution in [2.24, 2.45) is 0 Å². The molecule has 0 unspecified atom stereocenters. The van der Waals surface area contributed by atoms with Crippen LogP contribution in [0.5, 0.6) is 0 Å². The molecule has 0 saturated heterocycles. The van der Waals surface area contributed by atoms with Gasteiger partial charge in [0, 0.05) is 11.1 Å². The van der Waals surface area contributed by atoms with Crippen LogP contribution in [0, 0.1) is 18.3 Å². The zero-order valence-corrected chi connectivity index (χ0v) is 7.78. The third-order valence-corrected chi connectivity index (χ3v) is 2.19. The zero-order chi connectivity index (χ0) is 10.1. The highest BCUT2D eigenvalue weighted by Crippen LogP contribution is 2.22. The van der Waals surface area contributed by atoms with E-state index in [1.165, 1.54) is 0 Å². The highest BCUT2D eigenvalue weighted by Gasteiger charge is 2.04. The van der Waals surface area contributed by atoms with Crippen molar-refractivity contribution in [3.8, 4) is 6.07 Å². The lowest BCUT2D eigenvalue weighted by Gasteiger charge is -2.04. The largest absolute Gasteiger partial charge is 0.398 e. The number of nitrogens with zero attached hydrogens (tertiary/aromatic N) is 2. The number of benzene rings is 1. The second-order valence-electron chi connectivity index (χ2n) is 3.18. The summed E-state index contributed by atoms with van der Waals surface area (Å²) < 4.78 is 0. The van der Waals surface area contributed by atoms with Gasteiger partial charge >= 0.3 is 0 Å². The number of anilines is 1. The van der Waals surface area contributed by atoms with Crippen molar-refractivity contribution in [2.75, 3.05) is 5.73 Å². The molecule has 0 aliphatic heterocycles. The number of nitriles is 1. The van der Waals surface area contributed by atoms with Crippen molar-refractivity contribution in [3.05, 3.63) is 35.5 Å². The van der Waals surface area contributed by atoms with Crippen LogP contribution >= 0.6 is 0 Å². The van der Waals surface area contributed by atoms with Crippen LogP contribution < -0.4 is 5.73 Å². The average Bonchev–Trinajstić information content (AvgIpc) is 2.19. The SMILES string of the molecule is Cc1cccc2c(N)cc(C#N)nc12. The Bertz CT molecular complexity index is 538. The molecule has 0 saturated carbocycles. The topological polar surface area (TPSA) is 62.7 Å². The van der Waals surface area contributed by atoms with Gasteiger partial charge in [-0.1, -0.05) is 18.2 Å². The molecular formula is C11H9N3. The third-order valence-electron chi connectivity index (χ3n) is 2.19. The highest BCUT2D eigenvalue weighted by molar-refractivity contribution is 5.92. The minimum absolute atomic E-state index is 0.365. The Kier molecular flexibility index (Phi) is 1.83. The molecule has 2 aromatic rings. The molecule has 0 fully saturated rings. The van der Waals surface area contributed by atoms with Crippen molar-refractivity contribution in [1.29, 1.82) is 5.26 Å². The summed E-state index contributed by atoms with van der Waals surface area (Å²) in [6, 6.07) is 9.39. The van der Waals surface area contributed by atoms with E-state index in [-0.39, 0.29) is 0 Å². The minimum Gasteiger partial charge on any atom is -0.398 e. The van der Waals surface area contributed by atoms with Crippen LogP contribution in [0.1, 0.15) is 11.3 Å². The molecule has 14 heavy (non-hydrogen) atoms. The molecule has 2 rings (SSSR count). The van der Waals surface area contributed by atoms with Crippen LogP contribution in [0.2, 0.25) is 0 Å². The minimum atomic E-state index is 0.365. The second kappa shape index (κ2) is 3.00. The number of hydrogen-bond acceptors (Lipinski definition) is 3. The number of fused-ring (bicyclic) bond motifs is 1. The summed E-state index contributed by atoms with van der Waals surface area (Å²) in [4.78, 5) is 4.21. The molecule has 1 aromatic heterocycles. The second-order valence-corrected chi connectivity index (χ2v) is 3.18. The standard InChI is InChI=1S/C11H9N3/c1-7-3-2-4-9-10(13)5-8(6-12)14-11(7)9/h2-5H,1H3,(H2,13,14). The van der Waals surface area contributed by atoms with Gasteiger partial charge in [0.25, 0.3) is 0 Å². The van der Waals surface area contributed by atoms with Gasteiger partial charge in [0.1, 0.15) is 11.8 Å². The Balaban J connectivity index is 2.92. The van der Waals surface area contributed by atoms with Crippen LogP contribution in [-0.4, -0.2) is 4.98 Å². The lowest BCUT2D eigenvalue weighted by Crippen LogP contribution is -1.93. The van der Waals surface area contributed by atoms with Gasteiger partial charge in [-0.2, -0.15) is 5.26 Å². The van der Waals surface area contributed by atoms with Crippen molar-refractivity contribution >= 4 is 16.6 Å². The number of nitrogens with two attached hydrogens (primary N) is 1. The summed E-state index contributed by atoms with van der Waals surface area (Å²) >= 11 is 0. The predicted octanol–water partition coefficient (Wildman–Crippen LogP) is 2.00. The fourth-order valence-electron chi connectivity index (χ4n) is 1.48. The summed E-state index contributed by atoms with van der Waals surface area (Å²) in [7, 11) is 0. The van der Waals surface area contributed by atoms with E-state index in [1.807, 2.05) is 31.2 Å². The van der Waals surface area contributed by atoms with E-state index >= 15 is 0 Å². The molecule has 3 heteroatoms. The molecule has 2 N–H and O–H groups in total. The first-order valence-corrected chi connectivity index (χ1v) is 4.28. The molecule has 1 aromatic carbocycles.